The highest BCUT2D eigenvalue weighted by molar-refractivity contribution is 5.85. The molecule has 0 saturated heterocycles. The van der Waals surface area contributed by atoms with Crippen molar-refractivity contribution < 1.29 is 17.9 Å². The summed E-state index contributed by atoms with van der Waals surface area (Å²) in [4.78, 5) is 4.10. The van der Waals surface area contributed by atoms with Crippen LogP contribution in [0, 0.1) is 0 Å². The van der Waals surface area contributed by atoms with Crippen molar-refractivity contribution >= 4 is 17.0 Å². The van der Waals surface area contributed by atoms with Gasteiger partial charge >= 0.3 is 6.18 Å². The van der Waals surface area contributed by atoms with Gasteiger partial charge in [-0.3, -0.25) is 4.57 Å². The number of benzene rings is 1. The zero-order valence-electron chi connectivity index (χ0n) is 11.7. The monoisotopic (exact) mass is 299 g/mol. The average molecular weight is 299 g/mol. The Morgan fingerprint density at radius 3 is 2.52 bits per heavy atom. The van der Waals surface area contributed by atoms with Crippen molar-refractivity contribution in [3.8, 4) is 5.75 Å². The van der Waals surface area contributed by atoms with Crippen molar-refractivity contribution in [2.45, 2.75) is 44.5 Å². The summed E-state index contributed by atoms with van der Waals surface area (Å²) in [6, 6.07) is 4.94. The first kappa shape index (κ1) is 14.0. The lowest BCUT2D eigenvalue weighted by molar-refractivity contribution is -0.178. The standard InChI is InChI=1S/C14H16F3N3O/c1-8(2)21-10-5-3-4-9-11(10)19-12(18)20(9)13(6-7-13)14(15,16)17/h3-5,8H,6-7H2,1-2H3,(H2,18,19). The van der Waals surface area contributed by atoms with Crippen molar-refractivity contribution in [3.63, 3.8) is 0 Å². The van der Waals surface area contributed by atoms with Crippen molar-refractivity contribution in [1.29, 1.82) is 0 Å². The molecule has 7 heteroatoms. The van der Waals surface area contributed by atoms with Gasteiger partial charge in [-0.15, -0.1) is 0 Å². The summed E-state index contributed by atoms with van der Waals surface area (Å²) in [6.07, 6.45) is -4.38. The molecule has 0 amide bonds. The average Bonchev–Trinajstić information content (AvgIpc) is 3.07. The number of ether oxygens (including phenoxy) is 1. The number of hydrogen-bond donors (Lipinski definition) is 1. The zero-order valence-corrected chi connectivity index (χ0v) is 11.7. The number of para-hydroxylation sites is 1. The Bertz CT molecular complexity index is 687. The molecule has 1 aromatic heterocycles. The van der Waals surface area contributed by atoms with Crippen LogP contribution in [0.4, 0.5) is 19.1 Å². The number of nitrogens with zero attached hydrogens (tertiary/aromatic N) is 2. The quantitative estimate of drug-likeness (QED) is 0.944. The molecule has 0 radical (unpaired) electrons. The van der Waals surface area contributed by atoms with Gasteiger partial charge in [-0.25, -0.2) is 4.98 Å². The molecule has 2 N–H and O–H groups in total. The summed E-state index contributed by atoms with van der Waals surface area (Å²) in [5, 5.41) is 0. The third-order valence-corrected chi connectivity index (χ3v) is 3.72. The number of alkyl halides is 3. The number of halogens is 3. The normalized spacial score (nSPS) is 17.4. The minimum Gasteiger partial charge on any atom is -0.489 e. The Labute approximate surface area is 119 Å². The lowest BCUT2D eigenvalue weighted by Crippen LogP contribution is -2.35. The van der Waals surface area contributed by atoms with Crippen LogP contribution >= 0.6 is 0 Å². The van der Waals surface area contributed by atoms with Crippen LogP contribution in [0.25, 0.3) is 11.0 Å². The number of fused-ring (bicyclic) bond motifs is 1. The summed E-state index contributed by atoms with van der Waals surface area (Å²) >= 11 is 0. The number of hydrogen-bond acceptors (Lipinski definition) is 3. The molecule has 114 valence electrons. The number of imidazole rings is 1. The van der Waals surface area contributed by atoms with E-state index in [1.54, 1.807) is 18.2 Å². The fraction of sp³-hybridized carbons (Fsp3) is 0.500. The first-order chi connectivity index (χ1) is 9.76. The van der Waals surface area contributed by atoms with E-state index in [9.17, 15) is 13.2 Å². The molecule has 0 spiro atoms. The van der Waals surface area contributed by atoms with Gasteiger partial charge in [0.05, 0.1) is 11.6 Å². The second-order valence-electron chi connectivity index (χ2n) is 5.63. The van der Waals surface area contributed by atoms with Crippen LogP contribution in [0.3, 0.4) is 0 Å². The molecule has 1 aliphatic carbocycles. The number of aromatic nitrogens is 2. The molecular formula is C14H16F3N3O. The van der Waals surface area contributed by atoms with Gasteiger partial charge in [0, 0.05) is 0 Å². The maximum Gasteiger partial charge on any atom is 0.412 e. The van der Waals surface area contributed by atoms with Gasteiger partial charge in [-0.2, -0.15) is 13.2 Å². The predicted octanol–water partition coefficient (Wildman–Crippen LogP) is 3.46. The molecule has 1 heterocycles. The Morgan fingerprint density at radius 2 is 2.00 bits per heavy atom. The summed E-state index contributed by atoms with van der Waals surface area (Å²) in [6.45, 7) is 3.69. The lowest BCUT2D eigenvalue weighted by Gasteiger charge is -2.22. The highest BCUT2D eigenvalue weighted by Gasteiger charge is 2.66. The van der Waals surface area contributed by atoms with Crippen LogP contribution in [-0.4, -0.2) is 21.8 Å². The molecule has 4 nitrogen and oxygen atoms in total. The van der Waals surface area contributed by atoms with E-state index in [4.69, 9.17) is 10.5 Å². The zero-order chi connectivity index (χ0) is 15.4. The minimum atomic E-state index is -4.34. The summed E-state index contributed by atoms with van der Waals surface area (Å²) < 4.78 is 46.7. The Balaban J connectivity index is 2.20. The highest BCUT2D eigenvalue weighted by Crippen LogP contribution is 2.57. The maximum absolute atomic E-state index is 13.3. The van der Waals surface area contributed by atoms with Crippen LogP contribution in [0.5, 0.6) is 5.75 Å². The van der Waals surface area contributed by atoms with Crippen LogP contribution in [0.15, 0.2) is 18.2 Å². The first-order valence-electron chi connectivity index (χ1n) is 6.77. The summed E-state index contributed by atoms with van der Waals surface area (Å²) in [5.74, 6) is 0.325. The van der Waals surface area contributed by atoms with Gasteiger partial charge < -0.3 is 10.5 Å². The van der Waals surface area contributed by atoms with E-state index in [2.05, 4.69) is 4.98 Å². The van der Waals surface area contributed by atoms with Crippen molar-refractivity contribution in [3.05, 3.63) is 18.2 Å². The molecule has 2 aromatic rings. The first-order valence-corrected chi connectivity index (χ1v) is 6.77. The predicted molar refractivity (Wildman–Crippen MR) is 73.2 cm³/mol. The Kier molecular flexibility index (Phi) is 2.86. The molecule has 1 aromatic carbocycles. The number of anilines is 1. The number of nitrogen functional groups attached to an aromatic ring is 1. The molecule has 0 atom stereocenters. The van der Waals surface area contributed by atoms with E-state index in [0.717, 1.165) is 4.57 Å². The van der Waals surface area contributed by atoms with Gasteiger partial charge in [0.15, 0.2) is 0 Å². The molecule has 1 aliphatic rings. The minimum absolute atomic E-state index is 0.0292. The van der Waals surface area contributed by atoms with Crippen LogP contribution < -0.4 is 10.5 Å². The third kappa shape index (κ3) is 2.02. The second kappa shape index (κ2) is 4.29. The van der Waals surface area contributed by atoms with Crippen molar-refractivity contribution in [2.24, 2.45) is 0 Å². The molecule has 0 bridgehead atoms. The highest BCUT2D eigenvalue weighted by atomic mass is 19.4. The molecule has 3 rings (SSSR count). The van der Waals surface area contributed by atoms with Crippen molar-refractivity contribution in [1.82, 2.24) is 9.55 Å². The summed E-state index contributed by atoms with van der Waals surface area (Å²) in [7, 11) is 0. The van der Waals surface area contributed by atoms with Crippen molar-refractivity contribution in [2.75, 3.05) is 5.73 Å². The van der Waals surface area contributed by atoms with Gasteiger partial charge in [-0.05, 0) is 38.8 Å². The molecule has 0 aliphatic heterocycles. The molecule has 21 heavy (non-hydrogen) atoms. The Hall–Kier alpha value is -1.92. The molecular weight excluding hydrogens is 283 g/mol. The summed E-state index contributed by atoms with van der Waals surface area (Å²) in [5.41, 5.74) is 4.59. The van der Waals surface area contributed by atoms with E-state index in [0.29, 0.717) is 16.8 Å². The van der Waals surface area contributed by atoms with Gasteiger partial charge in [-0.1, -0.05) is 6.07 Å². The van der Waals surface area contributed by atoms with E-state index in [-0.39, 0.29) is 24.9 Å². The number of nitrogens with two attached hydrogens (primary N) is 1. The van der Waals surface area contributed by atoms with Gasteiger partial charge in [0.25, 0.3) is 0 Å². The van der Waals surface area contributed by atoms with E-state index in [1.165, 1.54) is 0 Å². The SMILES string of the molecule is CC(C)Oc1cccc2c1nc(N)n2C1(C(F)(F)F)CC1. The van der Waals surface area contributed by atoms with Gasteiger partial charge in [0.2, 0.25) is 5.95 Å². The maximum atomic E-state index is 13.3. The van der Waals surface area contributed by atoms with Gasteiger partial charge in [0.1, 0.15) is 16.8 Å². The van der Waals surface area contributed by atoms with Crippen LogP contribution in [0.2, 0.25) is 0 Å². The fourth-order valence-corrected chi connectivity index (χ4v) is 2.64. The lowest BCUT2D eigenvalue weighted by atomic mass is 10.2. The van der Waals surface area contributed by atoms with E-state index >= 15 is 0 Å². The molecule has 1 saturated carbocycles. The van der Waals surface area contributed by atoms with E-state index in [1.807, 2.05) is 13.8 Å². The number of rotatable bonds is 3. The third-order valence-electron chi connectivity index (χ3n) is 3.72. The van der Waals surface area contributed by atoms with Crippen LogP contribution in [-0.2, 0) is 5.54 Å². The largest absolute Gasteiger partial charge is 0.489 e. The Morgan fingerprint density at radius 1 is 1.33 bits per heavy atom. The molecule has 0 unspecified atom stereocenters. The van der Waals surface area contributed by atoms with E-state index < -0.39 is 11.7 Å². The van der Waals surface area contributed by atoms with Crippen LogP contribution in [0.1, 0.15) is 26.7 Å². The molecule has 1 fully saturated rings. The fourth-order valence-electron chi connectivity index (χ4n) is 2.64. The topological polar surface area (TPSA) is 53.1 Å². The smallest absolute Gasteiger partial charge is 0.412 e. The second-order valence-corrected chi connectivity index (χ2v) is 5.63.